The van der Waals surface area contributed by atoms with Crippen molar-refractivity contribution in [1.82, 2.24) is 15.1 Å². The molecule has 0 saturated carbocycles. The minimum atomic E-state index is -0.272. The monoisotopic (exact) mass is 356 g/mol. The molecule has 0 fully saturated rings. The summed E-state index contributed by atoms with van der Waals surface area (Å²) in [6, 6.07) is 11.7. The van der Waals surface area contributed by atoms with E-state index in [1.807, 2.05) is 44.2 Å². The zero-order valence-electron chi connectivity index (χ0n) is 14.4. The lowest BCUT2D eigenvalue weighted by Gasteiger charge is -2.11. The summed E-state index contributed by atoms with van der Waals surface area (Å²) in [5.41, 5.74) is 2.94. The third-order valence-corrected chi connectivity index (χ3v) is 4.96. The van der Waals surface area contributed by atoms with Crippen LogP contribution >= 0.6 is 11.8 Å². The Morgan fingerprint density at radius 3 is 2.72 bits per heavy atom. The van der Waals surface area contributed by atoms with Crippen LogP contribution in [-0.2, 0) is 4.79 Å². The van der Waals surface area contributed by atoms with Crippen molar-refractivity contribution in [3.8, 4) is 11.3 Å². The van der Waals surface area contributed by atoms with Gasteiger partial charge in [-0.25, -0.2) is 4.98 Å². The lowest BCUT2D eigenvalue weighted by Crippen LogP contribution is -2.24. The first-order valence-electron chi connectivity index (χ1n) is 8.09. The van der Waals surface area contributed by atoms with Crippen LogP contribution in [0, 0.1) is 13.8 Å². The number of aromatic nitrogens is 3. The Balaban J connectivity index is 1.72. The fraction of sp³-hybridized carbons (Fsp3) is 0.278. The molecule has 0 bridgehead atoms. The SMILES string of the molecule is CCC(Sc1nc(-c2ccccc2)c(C)[nH]1)C(=O)Nc1cc(C)on1. The quantitative estimate of drug-likeness (QED) is 0.647. The average Bonchev–Trinajstić information content (AvgIpc) is 3.18. The number of H-pyrrole nitrogens is 1. The highest BCUT2D eigenvalue weighted by Gasteiger charge is 2.21. The summed E-state index contributed by atoms with van der Waals surface area (Å²) in [5, 5.41) is 7.04. The van der Waals surface area contributed by atoms with E-state index in [1.165, 1.54) is 11.8 Å². The van der Waals surface area contributed by atoms with Crippen molar-refractivity contribution >= 4 is 23.5 Å². The van der Waals surface area contributed by atoms with Gasteiger partial charge in [-0.3, -0.25) is 4.79 Å². The predicted molar refractivity (Wildman–Crippen MR) is 98.6 cm³/mol. The number of hydrogen-bond acceptors (Lipinski definition) is 5. The Morgan fingerprint density at radius 2 is 2.08 bits per heavy atom. The summed E-state index contributed by atoms with van der Waals surface area (Å²) in [4.78, 5) is 20.4. The lowest BCUT2D eigenvalue weighted by molar-refractivity contribution is -0.115. The Morgan fingerprint density at radius 1 is 1.32 bits per heavy atom. The van der Waals surface area contributed by atoms with Crippen LogP contribution in [-0.4, -0.2) is 26.3 Å². The van der Waals surface area contributed by atoms with E-state index in [0.717, 1.165) is 22.1 Å². The van der Waals surface area contributed by atoms with Crippen LogP contribution in [0.3, 0.4) is 0 Å². The van der Waals surface area contributed by atoms with Crippen LogP contribution in [0.25, 0.3) is 11.3 Å². The molecule has 1 amide bonds. The lowest BCUT2D eigenvalue weighted by atomic mass is 10.1. The van der Waals surface area contributed by atoms with E-state index >= 15 is 0 Å². The van der Waals surface area contributed by atoms with E-state index in [4.69, 9.17) is 4.52 Å². The first kappa shape index (κ1) is 17.3. The van der Waals surface area contributed by atoms with Crippen molar-refractivity contribution < 1.29 is 9.32 Å². The van der Waals surface area contributed by atoms with Gasteiger partial charge in [0.25, 0.3) is 0 Å². The van der Waals surface area contributed by atoms with E-state index < -0.39 is 0 Å². The maximum Gasteiger partial charge on any atom is 0.239 e. The van der Waals surface area contributed by atoms with Gasteiger partial charge >= 0.3 is 0 Å². The number of nitrogens with zero attached hydrogens (tertiary/aromatic N) is 2. The molecule has 2 aromatic heterocycles. The second-order valence-electron chi connectivity index (χ2n) is 5.71. The number of aromatic amines is 1. The number of carbonyl (C=O) groups is 1. The van der Waals surface area contributed by atoms with Crippen molar-refractivity contribution in [3.05, 3.63) is 47.9 Å². The fourth-order valence-electron chi connectivity index (χ4n) is 2.45. The molecular formula is C18H20N4O2S. The van der Waals surface area contributed by atoms with Crippen molar-refractivity contribution in [2.24, 2.45) is 0 Å². The molecule has 0 spiro atoms. The Labute approximate surface area is 150 Å². The summed E-state index contributed by atoms with van der Waals surface area (Å²) in [5.74, 6) is 0.975. The fourth-order valence-corrected chi connectivity index (χ4v) is 3.41. The van der Waals surface area contributed by atoms with E-state index in [9.17, 15) is 4.79 Å². The van der Waals surface area contributed by atoms with Crippen LogP contribution in [0.15, 0.2) is 46.1 Å². The van der Waals surface area contributed by atoms with Crippen molar-refractivity contribution in [3.63, 3.8) is 0 Å². The first-order valence-corrected chi connectivity index (χ1v) is 8.97. The molecule has 1 atom stereocenters. The summed E-state index contributed by atoms with van der Waals surface area (Å²) in [6.45, 7) is 5.74. The molecule has 0 saturated heterocycles. The Hall–Kier alpha value is -2.54. The Kier molecular flexibility index (Phi) is 5.23. The molecule has 3 rings (SSSR count). The molecule has 6 nitrogen and oxygen atoms in total. The van der Waals surface area contributed by atoms with Crippen LogP contribution in [0.2, 0.25) is 0 Å². The molecule has 130 valence electrons. The first-order chi connectivity index (χ1) is 12.1. The number of amides is 1. The molecule has 0 aliphatic carbocycles. The molecule has 1 unspecified atom stereocenters. The average molecular weight is 356 g/mol. The van der Waals surface area contributed by atoms with Crippen LogP contribution in [0.1, 0.15) is 24.8 Å². The van der Waals surface area contributed by atoms with Gasteiger partial charge < -0.3 is 14.8 Å². The van der Waals surface area contributed by atoms with Gasteiger partial charge in [0.1, 0.15) is 5.76 Å². The second-order valence-corrected chi connectivity index (χ2v) is 6.90. The molecule has 1 aromatic carbocycles. The maximum absolute atomic E-state index is 12.5. The number of hydrogen-bond donors (Lipinski definition) is 2. The smallest absolute Gasteiger partial charge is 0.239 e. The summed E-state index contributed by atoms with van der Waals surface area (Å²) in [7, 11) is 0. The molecule has 25 heavy (non-hydrogen) atoms. The maximum atomic E-state index is 12.5. The molecule has 2 heterocycles. The van der Waals surface area contributed by atoms with Gasteiger partial charge in [0.15, 0.2) is 11.0 Å². The van der Waals surface area contributed by atoms with E-state index in [1.54, 1.807) is 13.0 Å². The molecule has 0 radical (unpaired) electrons. The topological polar surface area (TPSA) is 83.8 Å². The van der Waals surface area contributed by atoms with Gasteiger partial charge in [-0.05, 0) is 20.3 Å². The second kappa shape index (κ2) is 7.57. The number of rotatable bonds is 6. The molecule has 0 aliphatic heterocycles. The standard InChI is InChI=1S/C18H20N4O2S/c1-4-14(17(23)20-15-10-11(2)24-22-15)25-18-19-12(3)16(21-18)13-8-6-5-7-9-13/h5-10,14H,4H2,1-3H3,(H,19,21)(H,20,22,23). The minimum Gasteiger partial charge on any atom is -0.360 e. The minimum absolute atomic E-state index is 0.115. The van der Waals surface area contributed by atoms with Gasteiger partial charge in [-0.1, -0.05) is 54.2 Å². The van der Waals surface area contributed by atoms with E-state index in [2.05, 4.69) is 20.4 Å². The van der Waals surface area contributed by atoms with Crippen LogP contribution in [0.5, 0.6) is 0 Å². The zero-order valence-corrected chi connectivity index (χ0v) is 15.2. The number of benzene rings is 1. The number of carbonyl (C=O) groups excluding carboxylic acids is 1. The number of anilines is 1. The molecular weight excluding hydrogens is 336 g/mol. The molecule has 7 heteroatoms. The largest absolute Gasteiger partial charge is 0.360 e. The number of nitrogens with one attached hydrogen (secondary N) is 2. The van der Waals surface area contributed by atoms with Gasteiger partial charge in [-0.15, -0.1) is 0 Å². The number of thioether (sulfide) groups is 1. The molecule has 3 aromatic rings. The van der Waals surface area contributed by atoms with Crippen molar-refractivity contribution in [2.45, 2.75) is 37.6 Å². The van der Waals surface area contributed by atoms with Gasteiger partial charge in [-0.2, -0.15) is 0 Å². The Bertz CT molecular complexity index is 857. The summed E-state index contributed by atoms with van der Waals surface area (Å²) >= 11 is 1.42. The third-order valence-electron chi connectivity index (χ3n) is 3.71. The van der Waals surface area contributed by atoms with Gasteiger partial charge in [0.05, 0.1) is 10.9 Å². The summed E-state index contributed by atoms with van der Waals surface area (Å²) < 4.78 is 4.98. The highest BCUT2D eigenvalue weighted by Crippen LogP contribution is 2.29. The van der Waals surface area contributed by atoms with E-state index in [0.29, 0.717) is 18.0 Å². The zero-order chi connectivity index (χ0) is 17.8. The van der Waals surface area contributed by atoms with Crippen LogP contribution in [0.4, 0.5) is 5.82 Å². The van der Waals surface area contributed by atoms with Crippen LogP contribution < -0.4 is 5.32 Å². The van der Waals surface area contributed by atoms with Gasteiger partial charge in [0, 0.05) is 17.3 Å². The van der Waals surface area contributed by atoms with Crippen molar-refractivity contribution in [1.29, 1.82) is 0 Å². The third kappa shape index (κ3) is 4.11. The predicted octanol–water partition coefficient (Wildman–Crippen LogP) is 4.19. The summed E-state index contributed by atoms with van der Waals surface area (Å²) in [6.07, 6.45) is 0.674. The number of aryl methyl sites for hydroxylation is 2. The number of imidazole rings is 1. The molecule has 0 aliphatic rings. The van der Waals surface area contributed by atoms with E-state index in [-0.39, 0.29) is 11.2 Å². The normalized spacial score (nSPS) is 12.1. The van der Waals surface area contributed by atoms with Crippen molar-refractivity contribution in [2.75, 3.05) is 5.32 Å². The molecule has 2 N–H and O–H groups in total. The highest BCUT2D eigenvalue weighted by atomic mass is 32.2. The highest BCUT2D eigenvalue weighted by molar-refractivity contribution is 8.00. The van der Waals surface area contributed by atoms with Gasteiger partial charge in [0.2, 0.25) is 5.91 Å².